The van der Waals surface area contributed by atoms with Crippen LogP contribution in [0.1, 0.15) is 51.2 Å². The number of hydrogen-bond donors (Lipinski definition) is 1. The molecule has 1 amide bonds. The molecule has 6 heteroatoms. The van der Waals surface area contributed by atoms with E-state index in [4.69, 9.17) is 4.98 Å². The summed E-state index contributed by atoms with van der Waals surface area (Å²) >= 11 is 1.47. The molecule has 5 nitrogen and oxygen atoms in total. The van der Waals surface area contributed by atoms with Crippen molar-refractivity contribution in [3.8, 4) is 0 Å². The van der Waals surface area contributed by atoms with E-state index >= 15 is 0 Å². The van der Waals surface area contributed by atoms with Gasteiger partial charge in [0, 0.05) is 36.2 Å². The summed E-state index contributed by atoms with van der Waals surface area (Å²) in [6, 6.07) is 5.82. The maximum Gasteiger partial charge on any atom is 0.261 e. The topological polar surface area (TPSA) is 67.8 Å². The second-order valence-electron chi connectivity index (χ2n) is 6.50. The number of nitrogens with one attached hydrogen (secondary N) is 1. The second kappa shape index (κ2) is 6.52. The number of pyridine rings is 1. The minimum atomic E-state index is -0.0381. The van der Waals surface area contributed by atoms with Crippen LogP contribution >= 0.6 is 11.3 Å². The van der Waals surface area contributed by atoms with Crippen LogP contribution in [0.3, 0.4) is 0 Å². The van der Waals surface area contributed by atoms with Crippen LogP contribution in [0.4, 0.5) is 0 Å². The fraction of sp³-hybridized carbons (Fsp3) is 0.368. The average molecular weight is 352 g/mol. The van der Waals surface area contributed by atoms with Gasteiger partial charge in [-0.15, -0.1) is 11.3 Å². The molecule has 128 valence electrons. The van der Waals surface area contributed by atoms with Gasteiger partial charge in [-0.3, -0.25) is 9.78 Å². The Morgan fingerprint density at radius 2 is 2.12 bits per heavy atom. The zero-order chi connectivity index (χ0) is 17.4. The zero-order valence-electron chi connectivity index (χ0n) is 14.4. The summed E-state index contributed by atoms with van der Waals surface area (Å²) in [6.45, 7) is 4.57. The van der Waals surface area contributed by atoms with Gasteiger partial charge in [-0.25, -0.2) is 9.97 Å². The van der Waals surface area contributed by atoms with Crippen LogP contribution < -0.4 is 5.32 Å². The third-order valence-electron chi connectivity index (χ3n) is 4.53. The normalized spacial score (nSPS) is 14.0. The van der Waals surface area contributed by atoms with Crippen LogP contribution in [-0.2, 0) is 6.42 Å². The van der Waals surface area contributed by atoms with Crippen LogP contribution in [0.15, 0.2) is 24.4 Å². The summed E-state index contributed by atoms with van der Waals surface area (Å²) in [5.41, 5.74) is 2.94. The first-order valence-corrected chi connectivity index (χ1v) is 9.41. The van der Waals surface area contributed by atoms with Crippen LogP contribution in [0.25, 0.3) is 10.2 Å². The number of thiophene rings is 1. The fourth-order valence-corrected chi connectivity index (χ4v) is 4.19. The van der Waals surface area contributed by atoms with Gasteiger partial charge in [0.05, 0.1) is 10.6 Å². The summed E-state index contributed by atoms with van der Waals surface area (Å²) in [5, 5.41) is 4.03. The van der Waals surface area contributed by atoms with E-state index in [9.17, 15) is 4.79 Å². The summed E-state index contributed by atoms with van der Waals surface area (Å²) in [7, 11) is 0. The molecule has 0 aliphatic heterocycles. The summed E-state index contributed by atoms with van der Waals surface area (Å²) in [6.07, 6.45) is 4.85. The van der Waals surface area contributed by atoms with Crippen molar-refractivity contribution in [1.82, 2.24) is 20.3 Å². The summed E-state index contributed by atoms with van der Waals surface area (Å²) in [5.74, 6) is 1.42. The highest BCUT2D eigenvalue weighted by Crippen LogP contribution is 2.40. The molecule has 0 saturated heterocycles. The Labute approximate surface area is 150 Å². The van der Waals surface area contributed by atoms with Gasteiger partial charge < -0.3 is 5.32 Å². The number of carbonyl (C=O) groups excluding carboxylic acids is 1. The molecule has 4 rings (SSSR count). The highest BCUT2D eigenvalue weighted by Gasteiger charge is 2.28. The van der Waals surface area contributed by atoms with Gasteiger partial charge in [-0.2, -0.15) is 0 Å². The third kappa shape index (κ3) is 3.26. The monoisotopic (exact) mass is 352 g/mol. The third-order valence-corrected chi connectivity index (χ3v) is 5.71. The number of nitrogens with zero attached hydrogens (tertiary/aromatic N) is 3. The lowest BCUT2D eigenvalue weighted by molar-refractivity contribution is 0.0957. The lowest BCUT2D eigenvalue weighted by Crippen LogP contribution is -2.25. The van der Waals surface area contributed by atoms with Crippen molar-refractivity contribution in [1.29, 1.82) is 0 Å². The number of hydrogen-bond acceptors (Lipinski definition) is 5. The molecule has 0 unspecified atom stereocenters. The molecule has 1 aliphatic carbocycles. The quantitative estimate of drug-likeness (QED) is 0.762. The number of aryl methyl sites for hydroxylation is 2. The maximum absolute atomic E-state index is 12.6. The Kier molecular flexibility index (Phi) is 4.21. The molecule has 0 atom stereocenters. The molecule has 0 radical (unpaired) electrons. The molecular formula is C19H20N4OS. The standard InChI is InChI=1S/C19H20N4OS/c1-11-15-12(2)22-17(13-6-7-13)23-19(15)25-16(11)18(24)21-10-8-14-5-3-4-9-20-14/h3-5,9,13H,6-8,10H2,1-2H3,(H,21,24). The van der Waals surface area contributed by atoms with Gasteiger partial charge >= 0.3 is 0 Å². The van der Waals surface area contributed by atoms with Crippen LogP contribution in [-0.4, -0.2) is 27.4 Å². The van der Waals surface area contributed by atoms with E-state index in [1.165, 1.54) is 24.2 Å². The van der Waals surface area contributed by atoms with Crippen molar-refractivity contribution < 1.29 is 4.79 Å². The second-order valence-corrected chi connectivity index (χ2v) is 7.50. The van der Waals surface area contributed by atoms with Crippen LogP contribution in [0.2, 0.25) is 0 Å². The van der Waals surface area contributed by atoms with Crippen molar-refractivity contribution in [2.75, 3.05) is 6.54 Å². The first-order chi connectivity index (χ1) is 12.1. The SMILES string of the molecule is Cc1nc(C2CC2)nc2sc(C(=O)NCCc3ccccn3)c(C)c12. The van der Waals surface area contributed by atoms with Crippen molar-refractivity contribution >= 4 is 27.5 Å². The highest BCUT2D eigenvalue weighted by molar-refractivity contribution is 7.20. The largest absolute Gasteiger partial charge is 0.351 e. The molecule has 3 aromatic rings. The molecule has 25 heavy (non-hydrogen) atoms. The Morgan fingerprint density at radius 3 is 2.84 bits per heavy atom. The van der Waals surface area contributed by atoms with E-state index in [0.29, 0.717) is 12.5 Å². The van der Waals surface area contributed by atoms with E-state index in [0.717, 1.165) is 44.3 Å². The molecule has 0 spiro atoms. The van der Waals surface area contributed by atoms with E-state index in [1.807, 2.05) is 32.0 Å². The van der Waals surface area contributed by atoms with E-state index in [-0.39, 0.29) is 5.91 Å². The number of carbonyl (C=O) groups is 1. The van der Waals surface area contributed by atoms with Gasteiger partial charge in [-0.1, -0.05) is 6.07 Å². The average Bonchev–Trinajstić information content (AvgIpc) is 3.40. The van der Waals surface area contributed by atoms with Gasteiger partial charge in [0.25, 0.3) is 5.91 Å². The Morgan fingerprint density at radius 1 is 1.28 bits per heavy atom. The lowest BCUT2D eigenvalue weighted by atomic mass is 10.1. The lowest BCUT2D eigenvalue weighted by Gasteiger charge is -2.04. The number of fused-ring (bicyclic) bond motifs is 1. The molecule has 1 fully saturated rings. The molecule has 0 aromatic carbocycles. The van der Waals surface area contributed by atoms with Crippen LogP contribution in [0.5, 0.6) is 0 Å². The Bertz CT molecular complexity index is 931. The van der Waals surface area contributed by atoms with E-state index in [2.05, 4.69) is 15.3 Å². The molecule has 3 heterocycles. The van der Waals surface area contributed by atoms with E-state index in [1.54, 1.807) is 6.20 Å². The highest BCUT2D eigenvalue weighted by atomic mass is 32.1. The molecule has 1 N–H and O–H groups in total. The Balaban J connectivity index is 1.53. The number of aromatic nitrogens is 3. The smallest absolute Gasteiger partial charge is 0.261 e. The maximum atomic E-state index is 12.6. The first-order valence-electron chi connectivity index (χ1n) is 8.59. The Hall–Kier alpha value is -2.34. The van der Waals surface area contributed by atoms with Crippen molar-refractivity contribution in [3.63, 3.8) is 0 Å². The van der Waals surface area contributed by atoms with Gasteiger partial charge in [0.15, 0.2) is 0 Å². The minimum Gasteiger partial charge on any atom is -0.351 e. The predicted molar refractivity (Wildman–Crippen MR) is 99.1 cm³/mol. The van der Waals surface area contributed by atoms with Gasteiger partial charge in [0.2, 0.25) is 0 Å². The summed E-state index contributed by atoms with van der Waals surface area (Å²) < 4.78 is 0. The van der Waals surface area contributed by atoms with Crippen molar-refractivity contribution in [3.05, 3.63) is 52.0 Å². The van der Waals surface area contributed by atoms with E-state index < -0.39 is 0 Å². The zero-order valence-corrected chi connectivity index (χ0v) is 15.2. The minimum absolute atomic E-state index is 0.0381. The summed E-state index contributed by atoms with van der Waals surface area (Å²) in [4.78, 5) is 27.9. The van der Waals surface area contributed by atoms with Crippen LogP contribution in [0, 0.1) is 13.8 Å². The van der Waals surface area contributed by atoms with Crippen molar-refractivity contribution in [2.24, 2.45) is 0 Å². The number of amides is 1. The molecular weight excluding hydrogens is 332 g/mol. The number of rotatable bonds is 5. The predicted octanol–water partition coefficient (Wildman–Crippen LogP) is 3.55. The fourth-order valence-electron chi connectivity index (χ4n) is 3.03. The molecule has 0 bridgehead atoms. The molecule has 1 saturated carbocycles. The van der Waals surface area contributed by atoms with Crippen molar-refractivity contribution in [2.45, 2.75) is 39.0 Å². The first kappa shape index (κ1) is 16.1. The molecule has 1 aliphatic rings. The van der Waals surface area contributed by atoms with Gasteiger partial charge in [0.1, 0.15) is 10.7 Å². The van der Waals surface area contributed by atoms with Gasteiger partial charge in [-0.05, 0) is 44.4 Å². The molecule has 3 aromatic heterocycles.